The van der Waals surface area contributed by atoms with Gasteiger partial charge in [0.15, 0.2) is 4.60 Å². The van der Waals surface area contributed by atoms with Crippen molar-refractivity contribution in [1.82, 2.24) is 4.98 Å². The highest BCUT2D eigenvalue weighted by atomic mass is 79.9. The van der Waals surface area contributed by atoms with Gasteiger partial charge in [-0.2, -0.15) is 0 Å². The standard InChI is InChI=1S/C6H2BrClF2N2O2/c7-4-3(12(13)14)1-2(6(9)10)5(8)11-4/h1,6H. The van der Waals surface area contributed by atoms with Gasteiger partial charge in [0.25, 0.3) is 6.43 Å². The van der Waals surface area contributed by atoms with Crippen LogP contribution in [0.1, 0.15) is 12.0 Å². The van der Waals surface area contributed by atoms with Crippen molar-refractivity contribution in [1.29, 1.82) is 0 Å². The second kappa shape index (κ2) is 4.14. The zero-order valence-corrected chi connectivity index (χ0v) is 8.72. The van der Waals surface area contributed by atoms with Gasteiger partial charge in [0, 0.05) is 6.07 Å². The molecule has 14 heavy (non-hydrogen) atoms. The molecule has 0 fully saturated rings. The van der Waals surface area contributed by atoms with Crippen LogP contribution in [-0.2, 0) is 0 Å². The molecule has 8 heteroatoms. The first-order valence-electron chi connectivity index (χ1n) is 3.22. The van der Waals surface area contributed by atoms with Gasteiger partial charge < -0.3 is 0 Å². The van der Waals surface area contributed by atoms with Crippen molar-refractivity contribution in [2.24, 2.45) is 0 Å². The molecule has 0 N–H and O–H groups in total. The van der Waals surface area contributed by atoms with E-state index in [9.17, 15) is 18.9 Å². The van der Waals surface area contributed by atoms with E-state index < -0.39 is 27.8 Å². The summed E-state index contributed by atoms with van der Waals surface area (Å²) in [6, 6.07) is 0.698. The molecule has 76 valence electrons. The molecule has 0 aliphatic heterocycles. The fourth-order valence-electron chi connectivity index (χ4n) is 0.755. The average molecular weight is 287 g/mol. The zero-order valence-electron chi connectivity index (χ0n) is 6.38. The molecule has 1 aromatic rings. The van der Waals surface area contributed by atoms with Gasteiger partial charge in [-0.25, -0.2) is 13.8 Å². The third-order valence-electron chi connectivity index (χ3n) is 1.37. The Balaban J connectivity index is 3.34. The van der Waals surface area contributed by atoms with Crippen LogP contribution in [0.5, 0.6) is 0 Å². The van der Waals surface area contributed by atoms with Gasteiger partial charge in [-0.15, -0.1) is 0 Å². The predicted octanol–water partition coefficient (Wildman–Crippen LogP) is 3.34. The quantitative estimate of drug-likeness (QED) is 0.476. The van der Waals surface area contributed by atoms with Gasteiger partial charge in [0.2, 0.25) is 0 Å². The molecule has 0 amide bonds. The Bertz CT molecular complexity index is 388. The lowest BCUT2D eigenvalue weighted by atomic mass is 10.3. The maximum absolute atomic E-state index is 12.2. The maximum atomic E-state index is 12.2. The molecule has 4 nitrogen and oxygen atoms in total. The second-order valence-electron chi connectivity index (χ2n) is 2.24. The van der Waals surface area contributed by atoms with Crippen molar-refractivity contribution in [2.75, 3.05) is 0 Å². The van der Waals surface area contributed by atoms with E-state index in [-0.39, 0.29) is 4.60 Å². The number of hydrogen-bond donors (Lipinski definition) is 0. The maximum Gasteiger partial charge on any atom is 0.302 e. The van der Waals surface area contributed by atoms with E-state index in [4.69, 9.17) is 11.6 Å². The minimum absolute atomic E-state index is 0.170. The van der Waals surface area contributed by atoms with Crippen molar-refractivity contribution in [2.45, 2.75) is 6.43 Å². The summed E-state index contributed by atoms with van der Waals surface area (Å²) in [7, 11) is 0. The van der Waals surface area contributed by atoms with Crippen LogP contribution in [-0.4, -0.2) is 9.91 Å². The molecule has 1 heterocycles. The molecular weight excluding hydrogens is 285 g/mol. The predicted molar refractivity (Wildman–Crippen MR) is 48.6 cm³/mol. The lowest BCUT2D eigenvalue weighted by molar-refractivity contribution is -0.386. The fraction of sp³-hybridized carbons (Fsp3) is 0.167. The van der Waals surface area contributed by atoms with Crippen molar-refractivity contribution in [3.8, 4) is 0 Å². The van der Waals surface area contributed by atoms with Gasteiger partial charge in [0.1, 0.15) is 5.15 Å². The molecule has 0 bridgehead atoms. The van der Waals surface area contributed by atoms with Crippen LogP contribution >= 0.6 is 27.5 Å². The summed E-state index contributed by atoms with van der Waals surface area (Å²) in [5, 5.41) is 9.91. The van der Waals surface area contributed by atoms with E-state index in [2.05, 4.69) is 20.9 Å². The third kappa shape index (κ3) is 2.16. The third-order valence-corrected chi connectivity index (χ3v) is 2.26. The molecule has 0 aliphatic carbocycles. The Morgan fingerprint density at radius 2 is 2.21 bits per heavy atom. The Kier molecular flexibility index (Phi) is 3.33. The molecular formula is C6H2BrClF2N2O2. The molecule has 0 aromatic carbocycles. The van der Waals surface area contributed by atoms with E-state index >= 15 is 0 Å². The van der Waals surface area contributed by atoms with E-state index in [0.717, 1.165) is 0 Å². The first-order chi connectivity index (χ1) is 6.43. The highest BCUT2D eigenvalue weighted by Gasteiger charge is 2.21. The summed E-state index contributed by atoms with van der Waals surface area (Å²) >= 11 is 8.11. The molecule has 0 radical (unpaired) electrons. The summed E-state index contributed by atoms with van der Waals surface area (Å²) < 4.78 is 24.3. The molecule has 0 saturated carbocycles. The monoisotopic (exact) mass is 286 g/mol. The van der Waals surface area contributed by atoms with Crippen LogP contribution in [0.2, 0.25) is 5.15 Å². The van der Waals surface area contributed by atoms with Gasteiger partial charge in [-0.1, -0.05) is 11.6 Å². The highest BCUT2D eigenvalue weighted by Crippen LogP contribution is 2.32. The van der Waals surface area contributed by atoms with Crippen molar-refractivity contribution >= 4 is 33.2 Å². The number of alkyl halides is 2. The molecule has 0 saturated heterocycles. The number of hydrogen-bond acceptors (Lipinski definition) is 3. The smallest absolute Gasteiger partial charge is 0.258 e. The number of rotatable bonds is 2. The zero-order chi connectivity index (χ0) is 10.9. The minimum Gasteiger partial charge on any atom is -0.258 e. The fourth-order valence-corrected chi connectivity index (χ4v) is 1.52. The lowest BCUT2D eigenvalue weighted by Gasteiger charge is -2.02. The van der Waals surface area contributed by atoms with Crippen LogP contribution in [0.4, 0.5) is 14.5 Å². The van der Waals surface area contributed by atoms with Crippen molar-refractivity contribution in [3.05, 3.63) is 31.5 Å². The lowest BCUT2D eigenvalue weighted by Crippen LogP contribution is -1.96. The topological polar surface area (TPSA) is 56.0 Å². The second-order valence-corrected chi connectivity index (χ2v) is 3.35. The van der Waals surface area contributed by atoms with Gasteiger partial charge in [-0.3, -0.25) is 10.1 Å². The van der Waals surface area contributed by atoms with E-state index in [0.29, 0.717) is 6.07 Å². The number of nitrogens with zero attached hydrogens (tertiary/aromatic N) is 2. The van der Waals surface area contributed by atoms with Crippen LogP contribution in [0.15, 0.2) is 10.7 Å². The van der Waals surface area contributed by atoms with Gasteiger partial charge >= 0.3 is 5.69 Å². The first-order valence-corrected chi connectivity index (χ1v) is 4.39. The van der Waals surface area contributed by atoms with Gasteiger partial charge in [-0.05, 0) is 15.9 Å². The summed E-state index contributed by atoms with van der Waals surface area (Å²) in [4.78, 5) is 12.9. The molecule has 0 unspecified atom stereocenters. The summed E-state index contributed by atoms with van der Waals surface area (Å²) in [6.45, 7) is 0. The molecule has 0 spiro atoms. The highest BCUT2D eigenvalue weighted by molar-refractivity contribution is 9.10. The number of halogens is 4. The first kappa shape index (κ1) is 11.3. The normalized spacial score (nSPS) is 10.6. The summed E-state index contributed by atoms with van der Waals surface area (Å²) in [5.41, 5.74) is -1.19. The molecule has 1 rings (SSSR count). The Hall–Kier alpha value is -0.820. The molecule has 1 aromatic heterocycles. The SMILES string of the molecule is O=[N+]([O-])c1cc(C(F)F)c(Cl)nc1Br. The van der Waals surface area contributed by atoms with Crippen LogP contribution in [0, 0.1) is 10.1 Å². The largest absolute Gasteiger partial charge is 0.302 e. The Morgan fingerprint density at radius 3 is 2.64 bits per heavy atom. The van der Waals surface area contributed by atoms with E-state index in [1.807, 2.05) is 0 Å². The molecule has 0 atom stereocenters. The number of aromatic nitrogens is 1. The minimum atomic E-state index is -2.89. The Labute approximate surface area is 90.2 Å². The van der Waals surface area contributed by atoms with Crippen LogP contribution in [0.3, 0.4) is 0 Å². The van der Waals surface area contributed by atoms with Crippen LogP contribution in [0.25, 0.3) is 0 Å². The van der Waals surface area contributed by atoms with Gasteiger partial charge in [0.05, 0.1) is 10.5 Å². The Morgan fingerprint density at radius 1 is 1.64 bits per heavy atom. The van der Waals surface area contributed by atoms with E-state index in [1.165, 1.54) is 0 Å². The van der Waals surface area contributed by atoms with Crippen LogP contribution < -0.4 is 0 Å². The number of nitro groups is 1. The molecule has 0 aliphatic rings. The van der Waals surface area contributed by atoms with E-state index in [1.54, 1.807) is 0 Å². The average Bonchev–Trinajstić information content (AvgIpc) is 2.02. The number of pyridine rings is 1. The van der Waals surface area contributed by atoms with Crippen molar-refractivity contribution < 1.29 is 13.7 Å². The summed E-state index contributed by atoms with van der Waals surface area (Å²) in [6.07, 6.45) is -2.89. The van der Waals surface area contributed by atoms with Crippen molar-refractivity contribution in [3.63, 3.8) is 0 Å². The summed E-state index contributed by atoms with van der Waals surface area (Å²) in [5.74, 6) is 0.